The summed E-state index contributed by atoms with van der Waals surface area (Å²) in [6, 6.07) is 6.29. The highest BCUT2D eigenvalue weighted by molar-refractivity contribution is 5.68. The van der Waals surface area contributed by atoms with Crippen LogP contribution >= 0.6 is 0 Å². The van der Waals surface area contributed by atoms with Crippen LogP contribution in [0.2, 0.25) is 0 Å². The largest absolute Gasteiger partial charge is 0.361 e. The van der Waals surface area contributed by atoms with Gasteiger partial charge in [0.15, 0.2) is 0 Å². The number of fused-ring (bicyclic) bond motifs is 3. The van der Waals surface area contributed by atoms with E-state index in [4.69, 9.17) is 0 Å². The number of nitrogens with one attached hydrogen (secondary N) is 1. The van der Waals surface area contributed by atoms with Gasteiger partial charge in [-0.3, -0.25) is 4.98 Å². The van der Waals surface area contributed by atoms with Crippen LogP contribution in [0.25, 0.3) is 11.3 Å². The van der Waals surface area contributed by atoms with Gasteiger partial charge in [-0.05, 0) is 36.6 Å². The van der Waals surface area contributed by atoms with Crippen LogP contribution in [0.4, 0.5) is 0 Å². The molecule has 2 nitrogen and oxygen atoms in total. The predicted octanol–water partition coefficient (Wildman–Crippen LogP) is 2.18. The van der Waals surface area contributed by atoms with E-state index >= 15 is 0 Å². The summed E-state index contributed by atoms with van der Waals surface area (Å²) in [5.41, 5.74) is 5.17. The lowest BCUT2D eigenvalue weighted by Gasteiger charge is -2.14. The molecule has 0 fully saturated rings. The number of hydrogen-bond acceptors (Lipinski definition) is 1. The number of pyridine rings is 1. The highest BCUT2D eigenvalue weighted by Gasteiger charge is 2.16. The predicted molar refractivity (Wildman–Crippen MR) is 51.4 cm³/mol. The SMILES string of the molecule is c1cnc2c(c1)-c1[nH]ccc1CC2. The third kappa shape index (κ3) is 0.917. The van der Waals surface area contributed by atoms with E-state index in [0.717, 1.165) is 12.8 Å². The minimum atomic E-state index is 1.07. The lowest BCUT2D eigenvalue weighted by Crippen LogP contribution is -2.04. The lowest BCUT2D eigenvalue weighted by molar-refractivity contribution is 0.896. The summed E-state index contributed by atoms with van der Waals surface area (Å²) in [6.45, 7) is 0. The first-order chi connectivity index (χ1) is 6.45. The molecule has 1 N–H and O–H groups in total. The molecule has 0 aliphatic heterocycles. The van der Waals surface area contributed by atoms with E-state index in [1.165, 1.54) is 22.5 Å². The van der Waals surface area contributed by atoms with Gasteiger partial charge in [0.2, 0.25) is 0 Å². The minimum Gasteiger partial charge on any atom is -0.361 e. The monoisotopic (exact) mass is 170 g/mol. The lowest BCUT2D eigenvalue weighted by atomic mass is 9.94. The number of rotatable bonds is 0. The van der Waals surface area contributed by atoms with Crippen molar-refractivity contribution in [3.8, 4) is 11.3 Å². The maximum atomic E-state index is 4.38. The van der Waals surface area contributed by atoms with Crippen molar-refractivity contribution in [3.05, 3.63) is 41.9 Å². The molecule has 0 aromatic carbocycles. The zero-order valence-electron chi connectivity index (χ0n) is 7.25. The average molecular weight is 170 g/mol. The van der Waals surface area contributed by atoms with E-state index in [1.54, 1.807) is 0 Å². The molecular weight excluding hydrogens is 160 g/mol. The van der Waals surface area contributed by atoms with Crippen molar-refractivity contribution in [1.29, 1.82) is 0 Å². The third-order valence-corrected chi connectivity index (χ3v) is 2.62. The topological polar surface area (TPSA) is 28.7 Å². The Kier molecular flexibility index (Phi) is 1.30. The fourth-order valence-corrected chi connectivity index (χ4v) is 1.98. The summed E-state index contributed by atoms with van der Waals surface area (Å²) >= 11 is 0. The Balaban J connectivity index is 2.30. The Hall–Kier alpha value is -1.57. The van der Waals surface area contributed by atoms with Crippen molar-refractivity contribution in [2.75, 3.05) is 0 Å². The molecule has 0 spiro atoms. The molecule has 13 heavy (non-hydrogen) atoms. The fourth-order valence-electron chi connectivity index (χ4n) is 1.98. The maximum absolute atomic E-state index is 4.38. The van der Waals surface area contributed by atoms with Crippen LogP contribution in [0.3, 0.4) is 0 Å². The molecule has 2 heterocycles. The number of H-pyrrole nitrogens is 1. The Morgan fingerprint density at radius 2 is 2.23 bits per heavy atom. The minimum absolute atomic E-state index is 1.07. The van der Waals surface area contributed by atoms with Crippen molar-refractivity contribution < 1.29 is 0 Å². The van der Waals surface area contributed by atoms with Gasteiger partial charge in [0.05, 0.1) is 5.69 Å². The van der Waals surface area contributed by atoms with Gasteiger partial charge in [0.1, 0.15) is 0 Å². The quantitative estimate of drug-likeness (QED) is 0.645. The highest BCUT2D eigenvalue weighted by atomic mass is 14.7. The molecule has 0 bridgehead atoms. The van der Waals surface area contributed by atoms with Crippen molar-refractivity contribution in [3.63, 3.8) is 0 Å². The number of nitrogens with zero attached hydrogens (tertiary/aromatic N) is 1. The van der Waals surface area contributed by atoms with Gasteiger partial charge < -0.3 is 4.98 Å². The van der Waals surface area contributed by atoms with E-state index in [1.807, 2.05) is 18.5 Å². The standard InChI is InChI=1S/C11H10N2/c1-2-9-10(12-6-1)4-3-8-5-7-13-11(8)9/h1-2,5-7,13H,3-4H2. The van der Waals surface area contributed by atoms with Gasteiger partial charge in [0.25, 0.3) is 0 Å². The highest BCUT2D eigenvalue weighted by Crippen LogP contribution is 2.30. The van der Waals surface area contributed by atoms with E-state index in [9.17, 15) is 0 Å². The molecule has 2 heteroatoms. The number of hydrogen-bond donors (Lipinski definition) is 1. The van der Waals surface area contributed by atoms with Crippen LogP contribution in [0.5, 0.6) is 0 Å². The normalized spacial score (nSPS) is 13.5. The van der Waals surface area contributed by atoms with Crippen LogP contribution in [-0.4, -0.2) is 9.97 Å². The van der Waals surface area contributed by atoms with Gasteiger partial charge >= 0.3 is 0 Å². The molecule has 1 aliphatic carbocycles. The summed E-state index contributed by atoms with van der Waals surface area (Å²) < 4.78 is 0. The van der Waals surface area contributed by atoms with E-state index in [-0.39, 0.29) is 0 Å². The first-order valence-corrected chi connectivity index (χ1v) is 4.55. The van der Waals surface area contributed by atoms with Crippen molar-refractivity contribution in [1.82, 2.24) is 9.97 Å². The summed E-state index contributed by atoms with van der Waals surface area (Å²) in [5, 5.41) is 0. The molecule has 0 atom stereocenters. The molecule has 0 saturated heterocycles. The smallest absolute Gasteiger partial charge is 0.0505 e. The second kappa shape index (κ2) is 2.46. The average Bonchev–Trinajstić information content (AvgIpc) is 2.65. The van der Waals surface area contributed by atoms with Crippen molar-refractivity contribution >= 4 is 0 Å². The van der Waals surface area contributed by atoms with E-state index in [2.05, 4.69) is 22.1 Å². The first-order valence-electron chi connectivity index (χ1n) is 4.55. The van der Waals surface area contributed by atoms with Gasteiger partial charge in [-0.25, -0.2) is 0 Å². The fraction of sp³-hybridized carbons (Fsp3) is 0.182. The van der Waals surface area contributed by atoms with Gasteiger partial charge in [-0.15, -0.1) is 0 Å². The Morgan fingerprint density at radius 1 is 1.23 bits per heavy atom. The van der Waals surface area contributed by atoms with Crippen LogP contribution in [0.1, 0.15) is 11.3 Å². The summed E-state index contributed by atoms with van der Waals surface area (Å²) in [4.78, 5) is 7.65. The second-order valence-corrected chi connectivity index (χ2v) is 3.38. The Labute approximate surface area is 76.6 Å². The number of aryl methyl sites for hydroxylation is 2. The molecule has 0 saturated carbocycles. The summed E-state index contributed by atoms with van der Waals surface area (Å²) in [5.74, 6) is 0. The molecular formula is C11H10N2. The molecule has 0 amide bonds. The van der Waals surface area contributed by atoms with Crippen molar-refractivity contribution in [2.24, 2.45) is 0 Å². The van der Waals surface area contributed by atoms with Crippen LogP contribution in [-0.2, 0) is 12.8 Å². The third-order valence-electron chi connectivity index (χ3n) is 2.62. The van der Waals surface area contributed by atoms with Gasteiger partial charge in [-0.1, -0.05) is 0 Å². The van der Waals surface area contributed by atoms with Gasteiger partial charge in [-0.2, -0.15) is 0 Å². The maximum Gasteiger partial charge on any atom is 0.0505 e. The molecule has 0 unspecified atom stereocenters. The number of aromatic nitrogens is 2. The first kappa shape index (κ1) is 6.89. The molecule has 64 valence electrons. The number of aromatic amines is 1. The van der Waals surface area contributed by atoms with E-state index in [0.29, 0.717) is 0 Å². The van der Waals surface area contributed by atoms with Gasteiger partial charge in [0, 0.05) is 23.7 Å². The van der Waals surface area contributed by atoms with Crippen LogP contribution < -0.4 is 0 Å². The van der Waals surface area contributed by atoms with Crippen LogP contribution in [0.15, 0.2) is 30.6 Å². The Morgan fingerprint density at radius 3 is 3.23 bits per heavy atom. The molecule has 1 aliphatic rings. The zero-order valence-corrected chi connectivity index (χ0v) is 7.25. The molecule has 2 aromatic rings. The zero-order chi connectivity index (χ0) is 8.67. The Bertz CT molecular complexity index is 443. The second-order valence-electron chi connectivity index (χ2n) is 3.38. The summed E-state index contributed by atoms with van der Waals surface area (Å²) in [7, 11) is 0. The van der Waals surface area contributed by atoms with E-state index < -0.39 is 0 Å². The molecule has 2 aromatic heterocycles. The molecule has 0 radical (unpaired) electrons. The van der Waals surface area contributed by atoms with Crippen molar-refractivity contribution in [2.45, 2.75) is 12.8 Å². The summed E-state index contributed by atoms with van der Waals surface area (Å²) in [6.07, 6.45) is 6.06. The van der Waals surface area contributed by atoms with Crippen LogP contribution in [0, 0.1) is 0 Å². The molecule has 3 rings (SSSR count).